The van der Waals surface area contributed by atoms with Crippen molar-refractivity contribution in [1.29, 1.82) is 0 Å². The topological polar surface area (TPSA) is 182 Å². The van der Waals surface area contributed by atoms with Crippen LogP contribution in [0.25, 0.3) is 0 Å². The van der Waals surface area contributed by atoms with E-state index in [-0.39, 0.29) is 12.4 Å². The molecule has 15 heteroatoms. The van der Waals surface area contributed by atoms with Crippen LogP contribution in [0.1, 0.15) is 18.7 Å². The van der Waals surface area contributed by atoms with Gasteiger partial charge in [0.1, 0.15) is 18.0 Å². The largest absolute Gasteiger partial charge is 0.459 e. The van der Waals surface area contributed by atoms with Crippen molar-refractivity contribution in [1.82, 2.24) is 14.6 Å². The SMILES string of the molecule is C#C[C@@]1(O)[C@H](O)[C@@H](COP(=O)(N[C@@H](C)C(O)OCc2ccccc2)Oc2ccc(Cl)cc2)O[C@H]1n1ccc(=O)[nH]c1=O. The van der Waals surface area contributed by atoms with Gasteiger partial charge in [-0.05, 0) is 36.8 Å². The van der Waals surface area contributed by atoms with Gasteiger partial charge in [0.2, 0.25) is 0 Å². The second-order valence-corrected chi connectivity index (χ2v) is 11.5. The second kappa shape index (κ2) is 13.4. The first kappa shape index (κ1) is 31.7. The summed E-state index contributed by atoms with van der Waals surface area (Å²) in [6.45, 7) is 0.883. The molecular formula is C27H29ClN3O10P. The molecule has 0 amide bonds. The summed E-state index contributed by atoms with van der Waals surface area (Å²) >= 11 is 5.93. The molecule has 42 heavy (non-hydrogen) atoms. The summed E-state index contributed by atoms with van der Waals surface area (Å²) in [5.74, 6) is 2.11. The Morgan fingerprint density at radius 2 is 1.90 bits per heavy atom. The lowest BCUT2D eigenvalue weighted by Crippen LogP contribution is -2.48. The smallest absolute Gasteiger partial charge is 0.413 e. The van der Waals surface area contributed by atoms with Gasteiger partial charge in [-0.3, -0.25) is 18.9 Å². The molecule has 3 aromatic rings. The van der Waals surface area contributed by atoms with E-state index in [9.17, 15) is 29.5 Å². The number of terminal acetylenes is 1. The van der Waals surface area contributed by atoms with Gasteiger partial charge >= 0.3 is 13.4 Å². The highest BCUT2D eigenvalue weighted by atomic mass is 35.5. The van der Waals surface area contributed by atoms with Gasteiger partial charge in [0.05, 0.1) is 19.3 Å². The third-order valence-corrected chi connectivity index (χ3v) is 8.23. The Morgan fingerprint density at radius 3 is 2.55 bits per heavy atom. The molecule has 4 rings (SSSR count). The van der Waals surface area contributed by atoms with Crippen LogP contribution in [0, 0.1) is 12.3 Å². The molecule has 0 aliphatic carbocycles. The standard InChI is InChI=1S/C27H29ClN3O10P/c1-3-27(36)23(33)21(40-25(27)31-14-13-22(32)29-26(31)35)16-39-42(37,41-20-11-9-19(28)10-12-20)30-17(2)24(34)38-15-18-7-5-4-6-8-18/h1,4-14,17,21,23-25,33-34,36H,15-16H2,2H3,(H,30,37)(H,29,32,35)/t17-,21+,23+,24?,25+,27+,42?/m0/s1. The zero-order valence-corrected chi connectivity index (χ0v) is 23.9. The van der Waals surface area contributed by atoms with Crippen LogP contribution in [0.3, 0.4) is 0 Å². The molecule has 0 radical (unpaired) electrons. The van der Waals surface area contributed by atoms with Gasteiger partial charge in [0.15, 0.2) is 18.1 Å². The zero-order chi connectivity index (χ0) is 30.5. The number of nitrogens with one attached hydrogen (secondary N) is 2. The molecule has 1 aliphatic rings. The van der Waals surface area contributed by atoms with Crippen molar-refractivity contribution in [3.05, 3.63) is 98.3 Å². The Labute approximate surface area is 245 Å². The third kappa shape index (κ3) is 7.37. The van der Waals surface area contributed by atoms with Gasteiger partial charge < -0.3 is 29.3 Å². The van der Waals surface area contributed by atoms with Crippen LogP contribution in [-0.2, 0) is 25.2 Å². The number of aromatic nitrogens is 2. The fraction of sp³-hybridized carbons (Fsp3) is 0.333. The van der Waals surface area contributed by atoms with E-state index in [2.05, 4.69) is 5.09 Å². The number of aliphatic hydroxyl groups is 3. The molecular weight excluding hydrogens is 593 g/mol. The lowest BCUT2D eigenvalue weighted by molar-refractivity contribution is -0.122. The maximum atomic E-state index is 13.9. The van der Waals surface area contributed by atoms with E-state index in [0.29, 0.717) is 5.02 Å². The molecule has 0 spiro atoms. The van der Waals surface area contributed by atoms with E-state index in [1.54, 1.807) is 12.1 Å². The number of ether oxygens (including phenoxy) is 2. The van der Waals surface area contributed by atoms with Gasteiger partial charge in [-0.15, -0.1) is 6.42 Å². The van der Waals surface area contributed by atoms with Gasteiger partial charge in [0.25, 0.3) is 5.56 Å². The Kier molecular flexibility index (Phi) is 10.1. The highest BCUT2D eigenvalue weighted by molar-refractivity contribution is 7.52. The van der Waals surface area contributed by atoms with Gasteiger partial charge in [-0.1, -0.05) is 47.9 Å². The van der Waals surface area contributed by atoms with Gasteiger partial charge in [-0.25, -0.2) is 14.4 Å². The molecule has 224 valence electrons. The van der Waals surface area contributed by atoms with Crippen LogP contribution < -0.4 is 20.9 Å². The van der Waals surface area contributed by atoms with E-state index < -0.39 is 62.0 Å². The first-order valence-corrected chi connectivity index (χ1v) is 14.5. The van der Waals surface area contributed by atoms with Crippen LogP contribution in [0.15, 0.2) is 76.4 Å². The second-order valence-electron chi connectivity index (χ2n) is 9.40. The highest BCUT2D eigenvalue weighted by Gasteiger charge is 2.56. The molecule has 13 nitrogen and oxygen atoms in total. The number of H-pyrrole nitrogens is 1. The fourth-order valence-electron chi connectivity index (χ4n) is 4.06. The molecule has 2 heterocycles. The van der Waals surface area contributed by atoms with E-state index in [1.807, 2.05) is 29.1 Å². The van der Waals surface area contributed by atoms with Crippen LogP contribution in [0.4, 0.5) is 0 Å². The first-order valence-electron chi connectivity index (χ1n) is 12.6. The molecule has 1 fully saturated rings. The highest BCUT2D eigenvalue weighted by Crippen LogP contribution is 2.47. The van der Waals surface area contributed by atoms with E-state index in [0.717, 1.165) is 22.4 Å². The first-order chi connectivity index (χ1) is 19.9. The molecule has 7 atom stereocenters. The molecule has 1 saturated heterocycles. The average Bonchev–Trinajstić information content (AvgIpc) is 3.22. The van der Waals surface area contributed by atoms with E-state index in [4.69, 9.17) is 36.5 Å². The van der Waals surface area contributed by atoms with Gasteiger partial charge in [-0.2, -0.15) is 0 Å². The minimum atomic E-state index is -4.37. The monoisotopic (exact) mass is 621 g/mol. The predicted molar refractivity (Wildman–Crippen MR) is 150 cm³/mol. The quantitative estimate of drug-likeness (QED) is 0.112. The lowest BCUT2D eigenvalue weighted by Gasteiger charge is -2.27. The molecule has 0 saturated carbocycles. The van der Waals surface area contributed by atoms with Crippen LogP contribution in [0.5, 0.6) is 5.75 Å². The predicted octanol–water partition coefficient (Wildman–Crippen LogP) is 1.53. The number of hydrogen-bond acceptors (Lipinski definition) is 10. The number of aromatic amines is 1. The van der Waals surface area contributed by atoms with Crippen LogP contribution in [-0.4, -0.2) is 61.6 Å². The summed E-state index contributed by atoms with van der Waals surface area (Å²) in [5, 5.41) is 35.4. The Morgan fingerprint density at radius 1 is 1.21 bits per heavy atom. The molecule has 1 aromatic heterocycles. The van der Waals surface area contributed by atoms with E-state index >= 15 is 0 Å². The molecule has 5 N–H and O–H groups in total. The molecule has 2 aromatic carbocycles. The van der Waals surface area contributed by atoms with Crippen molar-refractivity contribution in [2.75, 3.05) is 6.61 Å². The summed E-state index contributed by atoms with van der Waals surface area (Å²) in [6.07, 6.45) is 0.189. The Balaban J connectivity index is 1.51. The van der Waals surface area contributed by atoms with E-state index in [1.165, 1.54) is 31.2 Å². The number of hydrogen-bond donors (Lipinski definition) is 5. The Bertz CT molecular complexity index is 1560. The summed E-state index contributed by atoms with van der Waals surface area (Å²) in [7, 11) is -4.37. The molecule has 0 bridgehead atoms. The Hall–Kier alpha value is -3.28. The summed E-state index contributed by atoms with van der Waals surface area (Å²) in [4.78, 5) is 25.8. The number of rotatable bonds is 12. The molecule has 1 aliphatic heterocycles. The van der Waals surface area contributed by atoms with Crippen molar-refractivity contribution >= 4 is 19.3 Å². The maximum Gasteiger partial charge on any atom is 0.459 e. The fourth-order valence-corrected chi connectivity index (χ4v) is 5.73. The number of aliphatic hydroxyl groups excluding tert-OH is 2. The van der Waals surface area contributed by atoms with Crippen molar-refractivity contribution in [3.63, 3.8) is 0 Å². The summed E-state index contributed by atoms with van der Waals surface area (Å²) in [5.41, 5.74) is -3.29. The van der Waals surface area contributed by atoms with Gasteiger partial charge in [0, 0.05) is 17.3 Å². The van der Waals surface area contributed by atoms with Crippen molar-refractivity contribution < 1.29 is 38.4 Å². The third-order valence-electron chi connectivity index (χ3n) is 6.32. The number of halogens is 1. The lowest BCUT2D eigenvalue weighted by atomic mass is 9.95. The summed E-state index contributed by atoms with van der Waals surface area (Å²) < 4.78 is 37.1. The van der Waals surface area contributed by atoms with Crippen molar-refractivity contribution in [2.45, 2.75) is 49.9 Å². The average molecular weight is 622 g/mol. The van der Waals surface area contributed by atoms with Crippen molar-refractivity contribution in [3.8, 4) is 18.1 Å². The minimum absolute atomic E-state index is 0.0650. The minimum Gasteiger partial charge on any atom is -0.413 e. The zero-order valence-electron chi connectivity index (χ0n) is 22.2. The normalized spacial score (nSPS) is 24.8. The number of nitrogens with zero attached hydrogens (tertiary/aromatic N) is 1. The summed E-state index contributed by atoms with van der Waals surface area (Å²) in [6, 6.07) is 14.9. The van der Waals surface area contributed by atoms with Crippen LogP contribution >= 0.6 is 19.3 Å². The maximum absolute atomic E-state index is 13.9. The number of benzene rings is 2. The van der Waals surface area contributed by atoms with Crippen LogP contribution in [0.2, 0.25) is 5.02 Å². The van der Waals surface area contributed by atoms with Crippen molar-refractivity contribution in [2.24, 2.45) is 0 Å². The molecule has 2 unspecified atom stereocenters.